The van der Waals surface area contributed by atoms with Crippen LogP contribution in [0.3, 0.4) is 0 Å². The molecule has 0 rings (SSSR count). The lowest BCUT2D eigenvalue weighted by atomic mass is 9.99. The van der Waals surface area contributed by atoms with E-state index in [-0.39, 0.29) is 0 Å². The van der Waals surface area contributed by atoms with Gasteiger partial charge >= 0.3 is 0 Å². The van der Waals surface area contributed by atoms with Gasteiger partial charge in [0.25, 0.3) is 0 Å². The first-order valence-corrected chi connectivity index (χ1v) is 7.65. The molecule has 0 fully saturated rings. The zero-order valence-corrected chi connectivity index (χ0v) is 12.0. The third-order valence-corrected chi connectivity index (χ3v) is 3.48. The lowest BCUT2D eigenvalue weighted by Crippen LogP contribution is -2.23. The Bertz CT molecular complexity index is 128. The fourth-order valence-corrected chi connectivity index (χ4v) is 2.14. The van der Waals surface area contributed by atoms with Crippen molar-refractivity contribution in [2.24, 2.45) is 5.92 Å². The van der Waals surface area contributed by atoms with E-state index in [1.54, 1.807) is 0 Å². The van der Waals surface area contributed by atoms with Gasteiger partial charge < -0.3 is 5.32 Å². The number of hydrogen-bond acceptors (Lipinski definition) is 1. The molecule has 0 aromatic carbocycles. The number of alkyl halides is 1. The first-order valence-electron chi connectivity index (χ1n) is 7.11. The van der Waals surface area contributed by atoms with Crippen molar-refractivity contribution in [3.63, 3.8) is 0 Å². The molecule has 0 aromatic rings. The number of rotatable bonds is 12. The molecule has 1 atom stereocenters. The summed E-state index contributed by atoms with van der Waals surface area (Å²) in [6.45, 7) is 6.98. The van der Waals surface area contributed by atoms with E-state index < -0.39 is 0 Å². The van der Waals surface area contributed by atoms with E-state index in [0.717, 1.165) is 11.8 Å². The van der Waals surface area contributed by atoms with Crippen LogP contribution in [-0.4, -0.2) is 19.0 Å². The SMILES string of the molecule is CCCCC(CC)CNCCCCCCCl. The molecule has 0 spiro atoms. The second-order valence-electron chi connectivity index (χ2n) is 4.72. The standard InChI is InChI=1S/C14H30ClN/c1-3-5-10-14(4-2)13-16-12-9-7-6-8-11-15/h14,16H,3-13H2,1-2H3. The van der Waals surface area contributed by atoms with E-state index in [2.05, 4.69) is 19.2 Å². The van der Waals surface area contributed by atoms with Gasteiger partial charge in [-0.3, -0.25) is 0 Å². The molecule has 98 valence electrons. The summed E-state index contributed by atoms with van der Waals surface area (Å²) in [7, 11) is 0. The van der Waals surface area contributed by atoms with Crippen LogP contribution in [0, 0.1) is 5.92 Å². The number of halogens is 1. The van der Waals surface area contributed by atoms with E-state index in [9.17, 15) is 0 Å². The van der Waals surface area contributed by atoms with Crippen molar-refractivity contribution >= 4 is 11.6 Å². The third-order valence-electron chi connectivity index (χ3n) is 3.21. The first-order chi connectivity index (χ1) is 7.85. The molecule has 0 bridgehead atoms. The summed E-state index contributed by atoms with van der Waals surface area (Å²) in [5.74, 6) is 1.71. The summed E-state index contributed by atoms with van der Waals surface area (Å²) in [4.78, 5) is 0. The molecule has 1 N–H and O–H groups in total. The van der Waals surface area contributed by atoms with Gasteiger partial charge in [-0.05, 0) is 38.3 Å². The van der Waals surface area contributed by atoms with Gasteiger partial charge in [-0.25, -0.2) is 0 Å². The molecular formula is C14H30ClN. The average molecular weight is 248 g/mol. The second kappa shape index (κ2) is 13.3. The number of nitrogens with one attached hydrogen (secondary N) is 1. The minimum absolute atomic E-state index is 0.822. The van der Waals surface area contributed by atoms with Gasteiger partial charge in [0.2, 0.25) is 0 Å². The third kappa shape index (κ3) is 10.8. The normalized spacial score (nSPS) is 12.9. The summed E-state index contributed by atoms with van der Waals surface area (Å²) in [6.07, 6.45) is 10.5. The monoisotopic (exact) mass is 247 g/mol. The molecule has 0 aliphatic heterocycles. The zero-order chi connectivity index (χ0) is 12.1. The Morgan fingerprint density at radius 3 is 2.38 bits per heavy atom. The fourth-order valence-electron chi connectivity index (χ4n) is 1.95. The van der Waals surface area contributed by atoms with Crippen LogP contribution in [0.2, 0.25) is 0 Å². The van der Waals surface area contributed by atoms with Crippen molar-refractivity contribution in [1.29, 1.82) is 0 Å². The highest BCUT2D eigenvalue weighted by Crippen LogP contribution is 2.11. The van der Waals surface area contributed by atoms with Crippen LogP contribution in [0.1, 0.15) is 65.2 Å². The molecule has 1 unspecified atom stereocenters. The zero-order valence-electron chi connectivity index (χ0n) is 11.2. The molecule has 0 heterocycles. The molecule has 0 aliphatic rings. The van der Waals surface area contributed by atoms with Crippen molar-refractivity contribution in [3.8, 4) is 0 Å². The maximum atomic E-state index is 5.63. The molecule has 0 aromatic heterocycles. The van der Waals surface area contributed by atoms with Crippen LogP contribution in [0.4, 0.5) is 0 Å². The van der Waals surface area contributed by atoms with Crippen LogP contribution in [-0.2, 0) is 0 Å². The summed E-state index contributed by atoms with van der Waals surface area (Å²) in [5, 5.41) is 3.59. The molecule has 0 amide bonds. The molecule has 16 heavy (non-hydrogen) atoms. The Balaban J connectivity index is 3.20. The second-order valence-corrected chi connectivity index (χ2v) is 5.10. The van der Waals surface area contributed by atoms with Gasteiger partial charge in [0.15, 0.2) is 0 Å². The lowest BCUT2D eigenvalue weighted by molar-refractivity contribution is 0.416. The molecular weight excluding hydrogens is 218 g/mol. The van der Waals surface area contributed by atoms with Gasteiger partial charge in [0, 0.05) is 5.88 Å². The van der Waals surface area contributed by atoms with E-state index in [4.69, 9.17) is 11.6 Å². The highest BCUT2D eigenvalue weighted by molar-refractivity contribution is 6.17. The molecule has 0 radical (unpaired) electrons. The largest absolute Gasteiger partial charge is 0.316 e. The summed E-state index contributed by atoms with van der Waals surface area (Å²) in [5.41, 5.74) is 0. The highest BCUT2D eigenvalue weighted by Gasteiger charge is 2.04. The van der Waals surface area contributed by atoms with Crippen LogP contribution < -0.4 is 5.32 Å². The Labute approximate surface area is 107 Å². The fraction of sp³-hybridized carbons (Fsp3) is 1.00. The summed E-state index contributed by atoms with van der Waals surface area (Å²) >= 11 is 5.63. The molecule has 0 aliphatic carbocycles. The highest BCUT2D eigenvalue weighted by atomic mass is 35.5. The first kappa shape index (κ1) is 16.2. The maximum Gasteiger partial charge on any atom is 0.0223 e. The summed E-state index contributed by atoms with van der Waals surface area (Å²) < 4.78 is 0. The quantitative estimate of drug-likeness (QED) is 0.393. The minimum atomic E-state index is 0.822. The number of unbranched alkanes of at least 4 members (excludes halogenated alkanes) is 4. The van der Waals surface area contributed by atoms with E-state index in [1.165, 1.54) is 64.5 Å². The Morgan fingerprint density at radius 2 is 1.75 bits per heavy atom. The molecule has 0 saturated heterocycles. The Kier molecular flexibility index (Phi) is 13.5. The molecule has 0 saturated carbocycles. The van der Waals surface area contributed by atoms with Crippen molar-refractivity contribution in [1.82, 2.24) is 5.32 Å². The predicted molar refractivity (Wildman–Crippen MR) is 75.4 cm³/mol. The van der Waals surface area contributed by atoms with Gasteiger partial charge in [-0.1, -0.05) is 46.0 Å². The predicted octanol–water partition coefficient (Wildman–Crippen LogP) is 4.59. The van der Waals surface area contributed by atoms with E-state index in [0.29, 0.717) is 0 Å². The molecule has 1 nitrogen and oxygen atoms in total. The summed E-state index contributed by atoms with van der Waals surface area (Å²) in [6, 6.07) is 0. The van der Waals surface area contributed by atoms with Crippen LogP contribution in [0.15, 0.2) is 0 Å². The van der Waals surface area contributed by atoms with Crippen LogP contribution >= 0.6 is 11.6 Å². The van der Waals surface area contributed by atoms with E-state index in [1.807, 2.05) is 0 Å². The average Bonchev–Trinajstić information content (AvgIpc) is 2.32. The van der Waals surface area contributed by atoms with Crippen molar-refractivity contribution in [2.75, 3.05) is 19.0 Å². The van der Waals surface area contributed by atoms with Crippen LogP contribution in [0.5, 0.6) is 0 Å². The van der Waals surface area contributed by atoms with Gasteiger partial charge in [0.05, 0.1) is 0 Å². The lowest BCUT2D eigenvalue weighted by Gasteiger charge is -2.15. The topological polar surface area (TPSA) is 12.0 Å². The van der Waals surface area contributed by atoms with Crippen molar-refractivity contribution < 1.29 is 0 Å². The Morgan fingerprint density at radius 1 is 1.00 bits per heavy atom. The van der Waals surface area contributed by atoms with E-state index >= 15 is 0 Å². The Hall–Kier alpha value is 0.250. The van der Waals surface area contributed by atoms with Gasteiger partial charge in [0.1, 0.15) is 0 Å². The van der Waals surface area contributed by atoms with Crippen molar-refractivity contribution in [2.45, 2.75) is 65.2 Å². The smallest absolute Gasteiger partial charge is 0.0223 e. The maximum absolute atomic E-state index is 5.63. The van der Waals surface area contributed by atoms with Gasteiger partial charge in [-0.15, -0.1) is 11.6 Å². The van der Waals surface area contributed by atoms with Crippen molar-refractivity contribution in [3.05, 3.63) is 0 Å². The van der Waals surface area contributed by atoms with Gasteiger partial charge in [-0.2, -0.15) is 0 Å². The van der Waals surface area contributed by atoms with Crippen LogP contribution in [0.25, 0.3) is 0 Å². The minimum Gasteiger partial charge on any atom is -0.316 e. The molecule has 2 heteroatoms. The number of hydrogen-bond donors (Lipinski definition) is 1.